The van der Waals surface area contributed by atoms with E-state index in [0.29, 0.717) is 30.0 Å². The van der Waals surface area contributed by atoms with Crippen molar-refractivity contribution >= 4 is 34.8 Å². The van der Waals surface area contributed by atoms with Gasteiger partial charge >= 0.3 is 0 Å². The van der Waals surface area contributed by atoms with Crippen molar-refractivity contribution in [3.05, 3.63) is 72.3 Å². The van der Waals surface area contributed by atoms with Gasteiger partial charge in [-0.25, -0.2) is 0 Å². The lowest BCUT2D eigenvalue weighted by Crippen LogP contribution is -2.35. The van der Waals surface area contributed by atoms with Crippen LogP contribution in [0.25, 0.3) is 0 Å². The average molecular weight is 454 g/mol. The summed E-state index contributed by atoms with van der Waals surface area (Å²) < 4.78 is 5.73. The second-order valence-corrected chi connectivity index (χ2v) is 7.65. The lowest BCUT2D eigenvalue weighted by atomic mass is 10.1. The topological polar surface area (TPSA) is 79.5 Å². The van der Waals surface area contributed by atoms with Crippen LogP contribution in [0.3, 0.4) is 0 Å². The highest BCUT2D eigenvalue weighted by atomic mass is 32.1. The van der Waals surface area contributed by atoms with E-state index in [0.717, 1.165) is 18.6 Å². The van der Waals surface area contributed by atoms with Crippen molar-refractivity contribution in [1.82, 2.24) is 10.6 Å². The summed E-state index contributed by atoms with van der Waals surface area (Å²) in [5.41, 5.74) is 1.38. The molecule has 2 amide bonds. The van der Waals surface area contributed by atoms with Crippen molar-refractivity contribution in [2.24, 2.45) is 0 Å². The molecule has 0 radical (unpaired) electrons. The lowest BCUT2D eigenvalue weighted by Gasteiger charge is -2.13. The Bertz CT molecular complexity index is 913. The number of unbranched alkanes of at least 4 members (excludes halogenated alkanes) is 4. The molecule has 0 saturated heterocycles. The van der Waals surface area contributed by atoms with Gasteiger partial charge in [0.05, 0.1) is 17.9 Å². The molecule has 6 nitrogen and oxygen atoms in total. The van der Waals surface area contributed by atoms with Crippen LogP contribution in [0.1, 0.15) is 59.7 Å². The fraction of sp³-hybridized carbons (Fsp3) is 0.320. The normalized spacial score (nSPS) is 10.2. The molecule has 0 heterocycles. The van der Waals surface area contributed by atoms with E-state index in [4.69, 9.17) is 17.0 Å². The van der Waals surface area contributed by atoms with Crippen molar-refractivity contribution in [2.45, 2.75) is 39.0 Å². The second-order valence-electron chi connectivity index (χ2n) is 7.24. The van der Waals surface area contributed by atoms with E-state index in [1.54, 1.807) is 54.6 Å². The Morgan fingerprint density at radius 3 is 2.44 bits per heavy atom. The predicted molar refractivity (Wildman–Crippen MR) is 133 cm³/mol. The monoisotopic (exact) mass is 453 g/mol. The highest BCUT2D eigenvalue weighted by molar-refractivity contribution is 7.80. The van der Waals surface area contributed by atoms with Crippen LogP contribution in [0, 0.1) is 0 Å². The SMILES string of the molecule is C=CCNC(=O)c1ccccc1NC(=S)NC(=O)c1ccc(OCCCCCCC)cc1. The van der Waals surface area contributed by atoms with Crippen LogP contribution in [0.15, 0.2) is 61.2 Å². The smallest absolute Gasteiger partial charge is 0.257 e. The molecule has 7 heteroatoms. The van der Waals surface area contributed by atoms with Crippen molar-refractivity contribution in [3.63, 3.8) is 0 Å². The minimum atomic E-state index is -0.345. The summed E-state index contributed by atoms with van der Waals surface area (Å²) in [5, 5.41) is 8.38. The van der Waals surface area contributed by atoms with Gasteiger partial charge in [-0.3, -0.25) is 14.9 Å². The van der Waals surface area contributed by atoms with Gasteiger partial charge in [-0.05, 0) is 55.0 Å². The molecule has 0 aliphatic rings. The van der Waals surface area contributed by atoms with E-state index in [-0.39, 0.29) is 16.9 Å². The first-order valence-electron chi connectivity index (χ1n) is 10.9. The minimum Gasteiger partial charge on any atom is -0.494 e. The number of hydrogen-bond donors (Lipinski definition) is 3. The number of para-hydroxylation sites is 1. The van der Waals surface area contributed by atoms with Crippen LogP contribution in [0.5, 0.6) is 5.75 Å². The van der Waals surface area contributed by atoms with Gasteiger partial charge in [0.2, 0.25) is 0 Å². The van der Waals surface area contributed by atoms with Gasteiger partial charge in [-0.2, -0.15) is 0 Å². The molecule has 0 saturated carbocycles. The van der Waals surface area contributed by atoms with Crippen molar-refractivity contribution < 1.29 is 14.3 Å². The molecule has 170 valence electrons. The first-order valence-corrected chi connectivity index (χ1v) is 11.3. The van der Waals surface area contributed by atoms with E-state index < -0.39 is 0 Å². The Balaban J connectivity index is 1.86. The number of amides is 2. The third kappa shape index (κ3) is 8.51. The summed E-state index contributed by atoms with van der Waals surface area (Å²) >= 11 is 5.26. The highest BCUT2D eigenvalue weighted by Gasteiger charge is 2.13. The summed E-state index contributed by atoms with van der Waals surface area (Å²) in [6.07, 6.45) is 7.50. The number of anilines is 1. The quantitative estimate of drug-likeness (QED) is 0.237. The van der Waals surface area contributed by atoms with Gasteiger partial charge in [0, 0.05) is 12.1 Å². The number of carbonyl (C=O) groups excluding carboxylic acids is 2. The number of nitrogens with one attached hydrogen (secondary N) is 3. The molecule has 0 aliphatic carbocycles. The molecule has 2 rings (SSSR count). The maximum atomic E-state index is 12.5. The number of hydrogen-bond acceptors (Lipinski definition) is 4. The Hall–Kier alpha value is -3.19. The molecule has 0 fully saturated rings. The molecular weight excluding hydrogens is 422 g/mol. The lowest BCUT2D eigenvalue weighted by molar-refractivity contribution is 0.0956. The number of benzene rings is 2. The predicted octanol–water partition coefficient (Wildman–Crippen LogP) is 5.08. The number of carbonyl (C=O) groups is 2. The molecule has 0 spiro atoms. The third-order valence-electron chi connectivity index (χ3n) is 4.69. The second kappa shape index (κ2) is 14.0. The van der Waals surface area contributed by atoms with Gasteiger partial charge in [0.15, 0.2) is 5.11 Å². The Labute approximate surface area is 195 Å². The fourth-order valence-corrected chi connectivity index (χ4v) is 3.18. The summed E-state index contributed by atoms with van der Waals surface area (Å²) in [6.45, 7) is 6.80. The van der Waals surface area contributed by atoms with Crippen molar-refractivity contribution in [1.29, 1.82) is 0 Å². The molecule has 2 aromatic rings. The first-order chi connectivity index (χ1) is 15.5. The third-order valence-corrected chi connectivity index (χ3v) is 4.89. The van der Waals surface area contributed by atoms with Crippen LogP contribution in [0.4, 0.5) is 5.69 Å². The van der Waals surface area contributed by atoms with E-state index in [1.165, 1.54) is 19.3 Å². The van der Waals surface area contributed by atoms with E-state index >= 15 is 0 Å². The zero-order valence-corrected chi connectivity index (χ0v) is 19.3. The van der Waals surface area contributed by atoms with Gasteiger partial charge < -0.3 is 15.4 Å². The molecule has 0 atom stereocenters. The fourth-order valence-electron chi connectivity index (χ4n) is 2.98. The van der Waals surface area contributed by atoms with Gasteiger partial charge in [-0.15, -0.1) is 6.58 Å². The molecule has 0 aromatic heterocycles. The van der Waals surface area contributed by atoms with Crippen molar-refractivity contribution in [2.75, 3.05) is 18.5 Å². The maximum Gasteiger partial charge on any atom is 0.257 e. The van der Waals surface area contributed by atoms with Crippen LogP contribution in [0.2, 0.25) is 0 Å². The first kappa shape index (κ1) is 25.1. The van der Waals surface area contributed by atoms with E-state index in [9.17, 15) is 9.59 Å². The Morgan fingerprint density at radius 2 is 1.72 bits per heavy atom. The molecular formula is C25H31N3O3S. The van der Waals surface area contributed by atoms with Crippen molar-refractivity contribution in [3.8, 4) is 5.75 Å². The van der Waals surface area contributed by atoms with Gasteiger partial charge in [-0.1, -0.05) is 50.8 Å². The largest absolute Gasteiger partial charge is 0.494 e. The molecule has 0 unspecified atom stereocenters. The molecule has 32 heavy (non-hydrogen) atoms. The molecule has 0 bridgehead atoms. The van der Waals surface area contributed by atoms with Gasteiger partial charge in [0.1, 0.15) is 5.75 Å². The summed E-state index contributed by atoms with van der Waals surface area (Å²) in [7, 11) is 0. The summed E-state index contributed by atoms with van der Waals surface area (Å²) in [4.78, 5) is 24.8. The average Bonchev–Trinajstić information content (AvgIpc) is 2.80. The summed E-state index contributed by atoms with van der Waals surface area (Å²) in [6, 6.07) is 13.9. The minimum absolute atomic E-state index is 0.103. The van der Waals surface area contributed by atoms with Crippen LogP contribution in [-0.2, 0) is 0 Å². The number of thiocarbonyl (C=S) groups is 1. The molecule has 0 aliphatic heterocycles. The zero-order chi connectivity index (χ0) is 23.2. The Morgan fingerprint density at radius 1 is 1.00 bits per heavy atom. The summed E-state index contributed by atoms with van der Waals surface area (Å²) in [5.74, 6) is 0.127. The zero-order valence-electron chi connectivity index (χ0n) is 18.5. The Kier molecular flexibility index (Phi) is 11.0. The number of ether oxygens (including phenoxy) is 1. The van der Waals surface area contributed by atoms with Crippen LogP contribution < -0.4 is 20.7 Å². The highest BCUT2D eigenvalue weighted by Crippen LogP contribution is 2.16. The maximum absolute atomic E-state index is 12.5. The number of rotatable bonds is 12. The van der Waals surface area contributed by atoms with Gasteiger partial charge in [0.25, 0.3) is 11.8 Å². The van der Waals surface area contributed by atoms with Crippen LogP contribution >= 0.6 is 12.2 Å². The van der Waals surface area contributed by atoms with Crippen LogP contribution in [-0.4, -0.2) is 30.1 Å². The standard InChI is InChI=1S/C25H31N3O3S/c1-3-5-6-7-10-18-31-20-15-13-19(14-16-20)23(29)28-25(32)27-22-12-9-8-11-21(22)24(30)26-17-4-2/h4,8-9,11-16H,2-3,5-7,10,17-18H2,1H3,(H,26,30)(H2,27,28,29,32). The van der Waals surface area contributed by atoms with E-state index in [1.807, 2.05) is 0 Å². The molecule has 3 N–H and O–H groups in total. The van der Waals surface area contributed by atoms with E-state index in [2.05, 4.69) is 29.5 Å². The molecule has 2 aromatic carbocycles.